The number of hydrogen-bond donors (Lipinski definition) is 2. The lowest BCUT2D eigenvalue weighted by molar-refractivity contribution is 0.1000. The fraction of sp³-hybridized carbons (Fsp3) is 0.538. The van der Waals surface area contributed by atoms with Crippen LogP contribution in [0.1, 0.15) is 38.1 Å². The van der Waals surface area contributed by atoms with Crippen molar-refractivity contribution in [3.63, 3.8) is 0 Å². The van der Waals surface area contributed by atoms with Crippen LogP contribution in [0.15, 0.2) is 18.3 Å². The summed E-state index contributed by atoms with van der Waals surface area (Å²) in [5.74, 6) is 0.898. The lowest BCUT2D eigenvalue weighted by atomic mass is 9.81. The lowest BCUT2D eigenvalue weighted by Gasteiger charge is -2.29. The average Bonchev–Trinajstić information content (AvgIpc) is 2.27. The van der Waals surface area contributed by atoms with Gasteiger partial charge in [0, 0.05) is 12.7 Å². The third-order valence-corrected chi connectivity index (χ3v) is 3.34. The monoisotopic (exact) mass is 235 g/mol. The van der Waals surface area contributed by atoms with Gasteiger partial charge in [0.2, 0.25) is 5.91 Å². The summed E-state index contributed by atoms with van der Waals surface area (Å²) in [7, 11) is 0. The van der Waals surface area contributed by atoms with Crippen molar-refractivity contribution in [2.24, 2.45) is 17.1 Å². The van der Waals surface area contributed by atoms with E-state index in [1.807, 2.05) is 0 Å². The molecule has 17 heavy (non-hydrogen) atoms. The second kappa shape index (κ2) is 5.17. The zero-order valence-electron chi connectivity index (χ0n) is 10.9. The molecule has 0 aliphatic rings. The highest BCUT2D eigenvalue weighted by atomic mass is 16.1. The molecular weight excluding hydrogens is 214 g/mol. The van der Waals surface area contributed by atoms with Gasteiger partial charge in [-0.2, -0.15) is 0 Å². The number of carbonyl (C=O) groups excluding carboxylic acids is 1. The number of carbonyl (C=O) groups is 1. The molecule has 1 aromatic heterocycles. The molecule has 1 heterocycles. The topological polar surface area (TPSA) is 68.0 Å². The summed E-state index contributed by atoms with van der Waals surface area (Å²) in [6.07, 6.45) is 1.49. The van der Waals surface area contributed by atoms with Crippen molar-refractivity contribution in [2.75, 3.05) is 11.9 Å². The van der Waals surface area contributed by atoms with Crippen LogP contribution in [0.5, 0.6) is 0 Å². The highest BCUT2D eigenvalue weighted by Gasteiger charge is 2.21. The zero-order chi connectivity index (χ0) is 13.1. The number of aromatic nitrogens is 1. The first kappa shape index (κ1) is 13.5. The maximum Gasteiger partial charge on any atom is 0.250 e. The Balaban J connectivity index is 2.62. The van der Waals surface area contributed by atoms with E-state index >= 15 is 0 Å². The Bertz CT molecular complexity index is 382. The molecular formula is C13H21N3O. The van der Waals surface area contributed by atoms with Crippen molar-refractivity contribution in [3.05, 3.63) is 23.9 Å². The first-order valence-corrected chi connectivity index (χ1v) is 5.82. The molecule has 0 unspecified atom stereocenters. The summed E-state index contributed by atoms with van der Waals surface area (Å²) in [5, 5.41) is 3.27. The number of primary amides is 1. The van der Waals surface area contributed by atoms with Gasteiger partial charge >= 0.3 is 0 Å². The maximum atomic E-state index is 10.9. The Labute approximate surface area is 103 Å². The Morgan fingerprint density at radius 3 is 2.53 bits per heavy atom. The molecule has 0 saturated carbocycles. The van der Waals surface area contributed by atoms with Gasteiger partial charge in [-0.05, 0) is 23.5 Å². The first-order chi connectivity index (χ1) is 7.83. The number of anilines is 1. The van der Waals surface area contributed by atoms with E-state index in [1.54, 1.807) is 12.1 Å². The molecule has 0 atom stereocenters. The predicted molar refractivity (Wildman–Crippen MR) is 69.9 cm³/mol. The number of hydrogen-bond acceptors (Lipinski definition) is 3. The highest BCUT2D eigenvalue weighted by molar-refractivity contribution is 5.92. The van der Waals surface area contributed by atoms with Gasteiger partial charge in [-0.15, -0.1) is 0 Å². The van der Waals surface area contributed by atoms with Crippen molar-refractivity contribution in [1.29, 1.82) is 0 Å². The van der Waals surface area contributed by atoms with E-state index in [4.69, 9.17) is 5.73 Å². The summed E-state index contributed by atoms with van der Waals surface area (Å²) < 4.78 is 0. The molecule has 1 aromatic rings. The van der Waals surface area contributed by atoms with E-state index in [1.165, 1.54) is 6.20 Å². The molecule has 0 aliphatic heterocycles. The van der Waals surface area contributed by atoms with E-state index in [2.05, 4.69) is 38.0 Å². The number of nitrogens with zero attached hydrogens (tertiary/aromatic N) is 1. The number of nitrogens with one attached hydrogen (secondary N) is 1. The molecule has 0 saturated heterocycles. The van der Waals surface area contributed by atoms with Crippen LogP contribution in [0.4, 0.5) is 5.82 Å². The largest absolute Gasteiger partial charge is 0.370 e. The zero-order valence-corrected chi connectivity index (χ0v) is 10.9. The Hall–Kier alpha value is -1.58. The average molecular weight is 235 g/mol. The van der Waals surface area contributed by atoms with Gasteiger partial charge in [-0.25, -0.2) is 4.98 Å². The third-order valence-electron chi connectivity index (χ3n) is 3.34. The summed E-state index contributed by atoms with van der Waals surface area (Å²) in [4.78, 5) is 15.0. The maximum absolute atomic E-state index is 10.9. The van der Waals surface area contributed by atoms with E-state index in [0.29, 0.717) is 11.5 Å². The van der Waals surface area contributed by atoms with Crippen molar-refractivity contribution >= 4 is 11.7 Å². The molecule has 0 fully saturated rings. The molecule has 0 radical (unpaired) electrons. The second-order valence-corrected chi connectivity index (χ2v) is 5.29. The van der Waals surface area contributed by atoms with E-state index in [9.17, 15) is 4.79 Å². The second-order valence-electron chi connectivity index (χ2n) is 5.29. The fourth-order valence-corrected chi connectivity index (χ4v) is 1.17. The van der Waals surface area contributed by atoms with Crippen LogP contribution in [0, 0.1) is 11.3 Å². The minimum atomic E-state index is -0.452. The minimum Gasteiger partial charge on any atom is -0.370 e. The summed E-state index contributed by atoms with van der Waals surface area (Å²) in [5.41, 5.74) is 5.78. The number of amides is 1. The summed E-state index contributed by atoms with van der Waals surface area (Å²) in [6.45, 7) is 9.66. The number of nitrogens with two attached hydrogens (primary N) is 1. The van der Waals surface area contributed by atoms with E-state index in [-0.39, 0.29) is 5.41 Å². The molecule has 1 rings (SSSR count). The molecule has 4 heteroatoms. The van der Waals surface area contributed by atoms with Crippen LogP contribution in [0.3, 0.4) is 0 Å². The molecule has 0 aromatic carbocycles. The van der Waals surface area contributed by atoms with Crippen LogP contribution >= 0.6 is 0 Å². The standard InChI is InChI=1S/C13H21N3O/c1-9(2)13(3,4)8-16-11-6-5-10(7-15-11)12(14)17/h5-7,9H,8H2,1-4H3,(H2,14,17)(H,15,16). The van der Waals surface area contributed by atoms with Crippen LogP contribution in [-0.4, -0.2) is 17.4 Å². The van der Waals surface area contributed by atoms with Crippen LogP contribution in [0.25, 0.3) is 0 Å². The highest BCUT2D eigenvalue weighted by Crippen LogP contribution is 2.25. The van der Waals surface area contributed by atoms with Gasteiger partial charge < -0.3 is 11.1 Å². The SMILES string of the molecule is CC(C)C(C)(C)CNc1ccc(C(N)=O)cn1. The molecule has 0 aliphatic carbocycles. The smallest absolute Gasteiger partial charge is 0.250 e. The fourth-order valence-electron chi connectivity index (χ4n) is 1.17. The number of rotatable bonds is 5. The molecule has 4 nitrogen and oxygen atoms in total. The normalized spacial score (nSPS) is 11.6. The quantitative estimate of drug-likeness (QED) is 0.822. The molecule has 0 spiro atoms. The van der Waals surface area contributed by atoms with Gasteiger partial charge in [-0.3, -0.25) is 4.79 Å². The van der Waals surface area contributed by atoms with Crippen molar-refractivity contribution < 1.29 is 4.79 Å². The van der Waals surface area contributed by atoms with E-state index < -0.39 is 5.91 Å². The van der Waals surface area contributed by atoms with Gasteiger partial charge in [0.1, 0.15) is 5.82 Å². The van der Waals surface area contributed by atoms with Crippen molar-refractivity contribution in [2.45, 2.75) is 27.7 Å². The van der Waals surface area contributed by atoms with Crippen molar-refractivity contribution in [3.8, 4) is 0 Å². The number of pyridine rings is 1. The van der Waals surface area contributed by atoms with Gasteiger partial charge in [0.25, 0.3) is 0 Å². The van der Waals surface area contributed by atoms with E-state index in [0.717, 1.165) is 12.4 Å². The minimum absolute atomic E-state index is 0.198. The lowest BCUT2D eigenvalue weighted by Crippen LogP contribution is -2.28. The van der Waals surface area contributed by atoms with Crippen LogP contribution in [-0.2, 0) is 0 Å². The molecule has 1 amide bonds. The van der Waals surface area contributed by atoms with Gasteiger partial charge in [0.05, 0.1) is 5.56 Å². The van der Waals surface area contributed by atoms with Crippen molar-refractivity contribution in [1.82, 2.24) is 4.98 Å². The van der Waals surface area contributed by atoms with Crippen LogP contribution in [0.2, 0.25) is 0 Å². The first-order valence-electron chi connectivity index (χ1n) is 5.82. The molecule has 0 bridgehead atoms. The van der Waals surface area contributed by atoms with Crippen LogP contribution < -0.4 is 11.1 Å². The predicted octanol–water partition coefficient (Wildman–Crippen LogP) is 2.27. The summed E-state index contributed by atoms with van der Waals surface area (Å²) in [6, 6.07) is 3.45. The molecule has 94 valence electrons. The Kier molecular flexibility index (Phi) is 4.10. The third kappa shape index (κ3) is 3.73. The summed E-state index contributed by atoms with van der Waals surface area (Å²) >= 11 is 0. The van der Waals surface area contributed by atoms with Gasteiger partial charge in [-0.1, -0.05) is 27.7 Å². The van der Waals surface area contributed by atoms with Gasteiger partial charge in [0.15, 0.2) is 0 Å². The Morgan fingerprint density at radius 2 is 2.12 bits per heavy atom. The Morgan fingerprint density at radius 1 is 1.47 bits per heavy atom. The molecule has 3 N–H and O–H groups in total.